The zero-order valence-corrected chi connectivity index (χ0v) is 12.9. The normalized spacial score (nSPS) is 13.9. The number of hydrogen-bond acceptors (Lipinski definition) is 2. The number of aliphatic hydroxyl groups excluding tert-OH is 1. The number of rotatable bonds is 5. The Morgan fingerprint density at radius 3 is 2.20 bits per heavy atom. The molecule has 2 rings (SSSR count). The lowest BCUT2D eigenvalue weighted by atomic mass is 9.88. The van der Waals surface area contributed by atoms with Gasteiger partial charge in [-0.1, -0.05) is 50.2 Å². The minimum absolute atomic E-state index is 0.272. The van der Waals surface area contributed by atoms with Crippen molar-refractivity contribution < 1.29 is 5.11 Å². The average Bonchev–Trinajstić information content (AvgIpc) is 2.47. The molecule has 0 bridgehead atoms. The summed E-state index contributed by atoms with van der Waals surface area (Å²) in [7, 11) is 0. The summed E-state index contributed by atoms with van der Waals surface area (Å²) >= 11 is 0. The predicted octanol–water partition coefficient (Wildman–Crippen LogP) is 3.99. The molecule has 1 N–H and O–H groups in total. The Morgan fingerprint density at radius 2 is 1.60 bits per heavy atom. The highest BCUT2D eigenvalue weighted by atomic mass is 16.3. The van der Waals surface area contributed by atoms with E-state index in [1.807, 2.05) is 18.2 Å². The molecule has 20 heavy (non-hydrogen) atoms. The van der Waals surface area contributed by atoms with Crippen LogP contribution in [0.25, 0.3) is 10.8 Å². The molecule has 0 aromatic heterocycles. The number of likely N-dealkylation sites (N-methyl/N-ethyl adjacent to an activating group) is 1. The fourth-order valence-corrected chi connectivity index (χ4v) is 3.00. The molecule has 2 heteroatoms. The number of hydrogen-bond donors (Lipinski definition) is 1. The molecule has 0 saturated carbocycles. The van der Waals surface area contributed by atoms with Crippen LogP contribution < -0.4 is 0 Å². The lowest BCUT2D eigenvalue weighted by Crippen LogP contribution is -2.48. The van der Waals surface area contributed by atoms with Gasteiger partial charge in [0.25, 0.3) is 0 Å². The summed E-state index contributed by atoms with van der Waals surface area (Å²) in [5.74, 6) is 0. The highest BCUT2D eigenvalue weighted by molar-refractivity contribution is 5.83. The van der Waals surface area contributed by atoms with Crippen LogP contribution in [0.2, 0.25) is 0 Å². The van der Waals surface area contributed by atoms with Crippen molar-refractivity contribution in [3.63, 3.8) is 0 Å². The van der Waals surface area contributed by atoms with Crippen LogP contribution in [-0.4, -0.2) is 28.6 Å². The smallest absolute Gasteiger partial charge is 0.0968 e. The molecular weight excluding hydrogens is 246 g/mol. The van der Waals surface area contributed by atoms with E-state index in [0.717, 1.165) is 18.7 Å². The van der Waals surface area contributed by atoms with Crippen molar-refractivity contribution >= 4 is 10.8 Å². The number of fused-ring (bicyclic) bond motifs is 1. The molecule has 2 aromatic carbocycles. The van der Waals surface area contributed by atoms with E-state index in [9.17, 15) is 5.11 Å². The molecule has 0 fully saturated rings. The highest BCUT2D eigenvalue weighted by Crippen LogP contribution is 2.32. The van der Waals surface area contributed by atoms with Gasteiger partial charge in [0.2, 0.25) is 0 Å². The molecule has 0 aliphatic carbocycles. The Bertz CT molecular complexity index is 572. The molecule has 1 atom stereocenters. The van der Waals surface area contributed by atoms with Crippen LogP contribution in [0.4, 0.5) is 0 Å². The largest absolute Gasteiger partial charge is 0.386 e. The van der Waals surface area contributed by atoms with E-state index in [4.69, 9.17) is 0 Å². The quantitative estimate of drug-likeness (QED) is 0.888. The summed E-state index contributed by atoms with van der Waals surface area (Å²) in [6.07, 6.45) is -0.494. The second-order valence-corrected chi connectivity index (χ2v) is 5.84. The van der Waals surface area contributed by atoms with Gasteiger partial charge < -0.3 is 5.11 Å². The second-order valence-electron chi connectivity index (χ2n) is 5.84. The van der Waals surface area contributed by atoms with Crippen molar-refractivity contribution in [3.05, 3.63) is 48.0 Å². The Labute approximate surface area is 122 Å². The molecule has 1 unspecified atom stereocenters. The molecule has 0 aliphatic rings. The Kier molecular flexibility index (Phi) is 4.46. The van der Waals surface area contributed by atoms with Gasteiger partial charge in [0.05, 0.1) is 6.10 Å². The summed E-state index contributed by atoms with van der Waals surface area (Å²) in [6, 6.07) is 14.5. The third-order valence-electron chi connectivity index (χ3n) is 4.34. The van der Waals surface area contributed by atoms with Gasteiger partial charge >= 0.3 is 0 Å². The van der Waals surface area contributed by atoms with E-state index >= 15 is 0 Å². The van der Waals surface area contributed by atoms with E-state index in [-0.39, 0.29) is 5.54 Å². The molecule has 0 spiro atoms. The van der Waals surface area contributed by atoms with Crippen LogP contribution in [0, 0.1) is 0 Å². The monoisotopic (exact) mass is 271 g/mol. The first-order valence-corrected chi connectivity index (χ1v) is 7.42. The van der Waals surface area contributed by atoms with Crippen LogP contribution in [0.3, 0.4) is 0 Å². The fourth-order valence-electron chi connectivity index (χ4n) is 3.00. The summed E-state index contributed by atoms with van der Waals surface area (Å²) in [5.41, 5.74) is 0.715. The molecule has 0 amide bonds. The molecule has 0 heterocycles. The maximum Gasteiger partial charge on any atom is 0.0968 e. The lowest BCUT2D eigenvalue weighted by molar-refractivity contribution is -0.00619. The molecule has 108 valence electrons. The van der Waals surface area contributed by atoms with Gasteiger partial charge in [0.1, 0.15) is 0 Å². The van der Waals surface area contributed by atoms with Crippen LogP contribution >= 0.6 is 0 Å². The summed E-state index contributed by atoms with van der Waals surface area (Å²) in [6.45, 7) is 10.4. The zero-order valence-electron chi connectivity index (χ0n) is 12.9. The van der Waals surface area contributed by atoms with Gasteiger partial charge in [0, 0.05) is 5.54 Å². The zero-order chi connectivity index (χ0) is 14.8. The first kappa shape index (κ1) is 15.0. The van der Waals surface area contributed by atoms with E-state index in [1.54, 1.807) is 0 Å². The summed E-state index contributed by atoms with van der Waals surface area (Å²) in [4.78, 5) is 2.30. The fraction of sp³-hybridized carbons (Fsp3) is 0.444. The van der Waals surface area contributed by atoms with Crippen molar-refractivity contribution in [1.82, 2.24) is 4.90 Å². The van der Waals surface area contributed by atoms with E-state index < -0.39 is 6.10 Å². The number of aliphatic hydroxyl groups is 1. The molecule has 0 radical (unpaired) electrons. The maximum absolute atomic E-state index is 10.8. The van der Waals surface area contributed by atoms with Gasteiger partial charge in [-0.05, 0) is 49.3 Å². The van der Waals surface area contributed by atoms with Crippen molar-refractivity contribution in [2.75, 3.05) is 13.1 Å². The van der Waals surface area contributed by atoms with Gasteiger partial charge in [-0.2, -0.15) is 0 Å². The third kappa shape index (κ3) is 2.72. The Hall–Kier alpha value is -1.38. The molecule has 0 aliphatic heterocycles. The van der Waals surface area contributed by atoms with Gasteiger partial charge in [-0.3, -0.25) is 4.90 Å². The number of benzene rings is 2. The standard InChI is InChI=1S/C18H25NO/c1-5-19(6-2)18(3,4)17(20)16-12-11-14-9-7-8-10-15(14)13-16/h7-13,17,20H,5-6H2,1-4H3. The lowest BCUT2D eigenvalue weighted by Gasteiger charge is -2.41. The Balaban J connectivity index is 2.37. The second kappa shape index (κ2) is 5.94. The first-order valence-electron chi connectivity index (χ1n) is 7.42. The minimum Gasteiger partial charge on any atom is -0.386 e. The highest BCUT2D eigenvalue weighted by Gasteiger charge is 2.33. The van der Waals surface area contributed by atoms with Crippen molar-refractivity contribution in [1.29, 1.82) is 0 Å². The maximum atomic E-state index is 10.8. The van der Waals surface area contributed by atoms with Gasteiger partial charge in [-0.25, -0.2) is 0 Å². The molecule has 2 aromatic rings. The molecule has 2 nitrogen and oxygen atoms in total. The minimum atomic E-state index is -0.494. The van der Waals surface area contributed by atoms with Crippen LogP contribution in [0.1, 0.15) is 39.4 Å². The van der Waals surface area contributed by atoms with E-state index in [0.29, 0.717) is 0 Å². The van der Waals surface area contributed by atoms with Gasteiger partial charge in [0.15, 0.2) is 0 Å². The van der Waals surface area contributed by atoms with Crippen LogP contribution in [-0.2, 0) is 0 Å². The molecule has 0 saturated heterocycles. The predicted molar refractivity (Wildman–Crippen MR) is 85.9 cm³/mol. The number of nitrogens with zero attached hydrogens (tertiary/aromatic N) is 1. The summed E-state index contributed by atoms with van der Waals surface area (Å²) < 4.78 is 0. The molecular formula is C18H25NO. The Morgan fingerprint density at radius 1 is 1.00 bits per heavy atom. The summed E-state index contributed by atoms with van der Waals surface area (Å²) in [5, 5.41) is 13.2. The topological polar surface area (TPSA) is 23.5 Å². The third-order valence-corrected chi connectivity index (χ3v) is 4.34. The first-order chi connectivity index (χ1) is 9.50. The van der Waals surface area contributed by atoms with Crippen molar-refractivity contribution in [3.8, 4) is 0 Å². The van der Waals surface area contributed by atoms with Crippen molar-refractivity contribution in [2.24, 2.45) is 0 Å². The van der Waals surface area contributed by atoms with Crippen LogP contribution in [0.5, 0.6) is 0 Å². The average molecular weight is 271 g/mol. The van der Waals surface area contributed by atoms with E-state index in [1.165, 1.54) is 10.8 Å². The van der Waals surface area contributed by atoms with Crippen molar-refractivity contribution in [2.45, 2.75) is 39.3 Å². The van der Waals surface area contributed by atoms with Gasteiger partial charge in [-0.15, -0.1) is 0 Å². The van der Waals surface area contributed by atoms with E-state index in [2.05, 4.69) is 56.9 Å². The van der Waals surface area contributed by atoms with Crippen LogP contribution in [0.15, 0.2) is 42.5 Å². The SMILES string of the molecule is CCN(CC)C(C)(C)C(O)c1ccc2ccccc2c1.